The summed E-state index contributed by atoms with van der Waals surface area (Å²) in [5.74, 6) is -2.79. The van der Waals surface area contributed by atoms with E-state index in [9.17, 15) is 36.0 Å². The number of rotatable bonds is 6. The fraction of sp³-hybridized carbons (Fsp3) is 0.556. The molecular formula is C36H47N5O9S2. The number of nitrogens with zero attached hydrogens (tertiary/aromatic N) is 2. The van der Waals surface area contributed by atoms with Crippen molar-refractivity contribution in [3.63, 3.8) is 0 Å². The van der Waals surface area contributed by atoms with Crippen molar-refractivity contribution in [3.8, 4) is 0 Å². The Kier molecular flexibility index (Phi) is 10.5. The molecule has 1 unspecified atom stereocenters. The molecule has 3 N–H and O–H groups in total. The van der Waals surface area contributed by atoms with Crippen LogP contribution in [0, 0.1) is 5.92 Å². The number of ether oxygens (including phenoxy) is 1. The molecule has 2 saturated carbocycles. The topological polar surface area (TPSA) is 188 Å². The summed E-state index contributed by atoms with van der Waals surface area (Å²) in [6.07, 6.45) is 6.83. The fourth-order valence-corrected chi connectivity index (χ4v) is 9.96. The quantitative estimate of drug-likeness (QED) is 0.373. The van der Waals surface area contributed by atoms with Crippen molar-refractivity contribution in [1.82, 2.24) is 24.6 Å². The minimum Gasteiger partial charge on any atom is -0.444 e. The molecule has 2 aromatic carbocycles. The van der Waals surface area contributed by atoms with E-state index < -0.39 is 84.8 Å². The summed E-state index contributed by atoms with van der Waals surface area (Å²) in [5, 5.41) is 5.98. The molecular weight excluding hydrogens is 711 g/mol. The highest BCUT2D eigenvalue weighted by molar-refractivity contribution is 7.91. The molecule has 4 aliphatic rings. The number of fused-ring (bicyclic) bond motifs is 3. The summed E-state index contributed by atoms with van der Waals surface area (Å²) in [6, 6.07) is 9.45. The van der Waals surface area contributed by atoms with Crippen molar-refractivity contribution in [3.05, 3.63) is 54.6 Å². The predicted molar refractivity (Wildman–Crippen MR) is 193 cm³/mol. The van der Waals surface area contributed by atoms with Gasteiger partial charge in [0.25, 0.3) is 5.91 Å². The van der Waals surface area contributed by atoms with Gasteiger partial charge in [0.2, 0.25) is 31.9 Å². The molecule has 4 atom stereocenters. The Balaban J connectivity index is 1.35. The number of allylic oxidation sites excluding steroid dienone is 1. The predicted octanol–water partition coefficient (Wildman–Crippen LogP) is 2.94. The molecule has 2 heterocycles. The third kappa shape index (κ3) is 8.13. The highest BCUT2D eigenvalue weighted by atomic mass is 32.2. The lowest BCUT2D eigenvalue weighted by Crippen LogP contribution is -2.66. The first-order valence-electron chi connectivity index (χ1n) is 17.8. The molecule has 0 spiro atoms. The first-order chi connectivity index (χ1) is 24.5. The lowest BCUT2D eigenvalue weighted by atomic mass is 10.0. The monoisotopic (exact) mass is 757 g/mol. The van der Waals surface area contributed by atoms with Gasteiger partial charge in [-0.3, -0.25) is 19.1 Å². The van der Waals surface area contributed by atoms with Crippen LogP contribution in [-0.4, -0.2) is 98.0 Å². The van der Waals surface area contributed by atoms with Crippen molar-refractivity contribution < 1.29 is 40.8 Å². The van der Waals surface area contributed by atoms with Crippen LogP contribution in [0.5, 0.6) is 0 Å². The summed E-state index contributed by atoms with van der Waals surface area (Å²) in [6.45, 7) is 4.31. The van der Waals surface area contributed by atoms with Gasteiger partial charge in [0.15, 0.2) is 0 Å². The van der Waals surface area contributed by atoms with Gasteiger partial charge in [-0.25, -0.2) is 21.6 Å². The number of hydrogen-bond donors (Lipinski definition) is 3. The molecule has 6 rings (SSSR count). The summed E-state index contributed by atoms with van der Waals surface area (Å²) < 4.78 is 62.9. The van der Waals surface area contributed by atoms with Gasteiger partial charge in [-0.1, -0.05) is 61.4 Å². The van der Waals surface area contributed by atoms with Gasteiger partial charge in [0.1, 0.15) is 23.2 Å². The Labute approximate surface area is 304 Å². The second kappa shape index (κ2) is 14.4. The molecule has 0 radical (unpaired) electrons. The number of hydrogen-bond acceptors (Lipinski definition) is 9. The van der Waals surface area contributed by atoms with Crippen LogP contribution in [0.4, 0.5) is 4.79 Å². The number of amides is 4. The lowest BCUT2D eigenvalue weighted by Gasteiger charge is -2.41. The molecule has 282 valence electrons. The molecule has 4 amide bonds. The van der Waals surface area contributed by atoms with Crippen molar-refractivity contribution >= 4 is 54.6 Å². The Morgan fingerprint density at radius 2 is 1.67 bits per heavy atom. The van der Waals surface area contributed by atoms with Crippen LogP contribution in [-0.2, 0) is 39.2 Å². The Hall–Kier alpha value is -4.02. The molecule has 3 fully saturated rings. The number of alkyl carbamates (subject to hydrolysis) is 1. The molecule has 2 aliphatic carbocycles. The maximum atomic E-state index is 14.4. The average Bonchev–Trinajstić information content (AvgIpc) is 4.02. The van der Waals surface area contributed by atoms with Crippen molar-refractivity contribution in [2.75, 3.05) is 19.6 Å². The van der Waals surface area contributed by atoms with Crippen LogP contribution in [0.15, 0.2) is 59.5 Å². The number of sulfonamides is 2. The van der Waals surface area contributed by atoms with Crippen molar-refractivity contribution in [2.24, 2.45) is 5.92 Å². The molecule has 2 aliphatic heterocycles. The van der Waals surface area contributed by atoms with E-state index in [1.165, 1.54) is 11.0 Å². The largest absolute Gasteiger partial charge is 0.444 e. The van der Waals surface area contributed by atoms with Crippen LogP contribution >= 0.6 is 0 Å². The summed E-state index contributed by atoms with van der Waals surface area (Å²) >= 11 is 0. The van der Waals surface area contributed by atoms with Gasteiger partial charge in [0, 0.05) is 30.9 Å². The van der Waals surface area contributed by atoms with Crippen LogP contribution in [0.1, 0.15) is 72.1 Å². The van der Waals surface area contributed by atoms with E-state index in [-0.39, 0.29) is 30.8 Å². The van der Waals surface area contributed by atoms with Crippen LogP contribution < -0.4 is 15.4 Å². The van der Waals surface area contributed by atoms with Crippen LogP contribution in [0.2, 0.25) is 0 Å². The standard InChI is InChI=1S/C36H47N5O9S2/c1-35(2,3)50-34(45)37-28-16-8-6-4-5-7-14-25-22-36(25,33(44)39-51(46,47)26-18-19-26)38-31(42)29-23-40(20-21-41(29)32(28)43)52(48,49)30-17-11-13-24-12-9-10-15-27(24)30/h7,9-15,17,25-26,28-29H,4-6,8,16,18-23H2,1-3H3,(H,37,45)(H,38,42)(H,39,44)/b14-7+/t25?,28-,29-,36-/m0/s1. The Morgan fingerprint density at radius 1 is 0.942 bits per heavy atom. The zero-order valence-corrected chi connectivity index (χ0v) is 31.3. The molecule has 1 saturated heterocycles. The van der Waals surface area contributed by atoms with E-state index in [1.807, 2.05) is 6.08 Å². The number of piperazine rings is 1. The molecule has 16 heteroatoms. The van der Waals surface area contributed by atoms with Gasteiger partial charge in [-0.15, -0.1) is 0 Å². The SMILES string of the molecule is CC(C)(C)OC(=O)N[C@H]1CCCCC/C=C/C2C[C@]2(C(=O)NS(=O)(=O)C2CC2)NC(=O)[C@@H]2CN(S(=O)(=O)c3cccc4ccccc34)CCN2C1=O. The third-order valence-electron chi connectivity index (χ3n) is 9.98. The normalized spacial score (nSPS) is 27.2. The molecule has 0 aromatic heterocycles. The second-order valence-corrected chi connectivity index (χ2v) is 19.0. The summed E-state index contributed by atoms with van der Waals surface area (Å²) in [4.78, 5) is 56.7. The third-order valence-corrected chi connectivity index (χ3v) is 13.7. The van der Waals surface area contributed by atoms with E-state index in [1.54, 1.807) is 63.2 Å². The number of carbonyl (C=O) groups excluding carboxylic acids is 4. The van der Waals surface area contributed by atoms with Crippen molar-refractivity contribution in [2.45, 2.75) is 106 Å². The van der Waals surface area contributed by atoms with Gasteiger partial charge in [-0.05, 0) is 70.7 Å². The maximum Gasteiger partial charge on any atom is 0.408 e. The van der Waals surface area contributed by atoms with E-state index >= 15 is 0 Å². The van der Waals surface area contributed by atoms with Gasteiger partial charge < -0.3 is 20.3 Å². The number of carbonyl (C=O) groups is 4. The zero-order valence-electron chi connectivity index (χ0n) is 29.7. The first kappa shape index (κ1) is 37.7. The smallest absolute Gasteiger partial charge is 0.408 e. The van der Waals surface area contributed by atoms with E-state index in [0.717, 1.165) is 17.1 Å². The molecule has 2 aromatic rings. The summed E-state index contributed by atoms with van der Waals surface area (Å²) in [7, 11) is -8.15. The van der Waals surface area contributed by atoms with Gasteiger partial charge >= 0.3 is 6.09 Å². The average molecular weight is 758 g/mol. The Morgan fingerprint density at radius 3 is 2.40 bits per heavy atom. The highest BCUT2D eigenvalue weighted by Gasteiger charge is 2.62. The molecule has 14 nitrogen and oxygen atoms in total. The van der Waals surface area contributed by atoms with E-state index in [4.69, 9.17) is 4.74 Å². The lowest BCUT2D eigenvalue weighted by molar-refractivity contribution is -0.145. The molecule has 52 heavy (non-hydrogen) atoms. The van der Waals surface area contributed by atoms with Crippen LogP contribution in [0.3, 0.4) is 0 Å². The maximum absolute atomic E-state index is 14.4. The van der Waals surface area contributed by atoms with E-state index in [0.29, 0.717) is 36.5 Å². The van der Waals surface area contributed by atoms with Crippen LogP contribution in [0.25, 0.3) is 10.8 Å². The fourth-order valence-electron chi connectivity index (χ4n) is 6.95. The first-order valence-corrected chi connectivity index (χ1v) is 20.8. The number of benzene rings is 2. The van der Waals surface area contributed by atoms with E-state index in [2.05, 4.69) is 15.4 Å². The zero-order chi connectivity index (χ0) is 37.5. The van der Waals surface area contributed by atoms with Gasteiger partial charge in [-0.2, -0.15) is 4.31 Å². The number of nitrogens with one attached hydrogen (secondary N) is 3. The summed E-state index contributed by atoms with van der Waals surface area (Å²) in [5.41, 5.74) is -2.46. The minimum absolute atomic E-state index is 0.0425. The van der Waals surface area contributed by atoms with Crippen molar-refractivity contribution in [1.29, 1.82) is 0 Å². The highest BCUT2D eigenvalue weighted by Crippen LogP contribution is 2.46. The Bertz CT molecular complexity index is 1990. The minimum atomic E-state index is -4.20. The molecule has 0 bridgehead atoms. The second-order valence-electron chi connectivity index (χ2n) is 15.1. The van der Waals surface area contributed by atoms with Gasteiger partial charge in [0.05, 0.1) is 10.1 Å².